The maximum Gasteiger partial charge on any atom is 0.137 e. The summed E-state index contributed by atoms with van der Waals surface area (Å²) in [4.78, 5) is 2.19. The van der Waals surface area contributed by atoms with Crippen LogP contribution >= 0.6 is 15.9 Å². The van der Waals surface area contributed by atoms with Crippen molar-refractivity contribution in [3.8, 4) is 0 Å². The average molecular weight is 316 g/mol. The predicted molar refractivity (Wildman–Crippen MR) is 74.0 cm³/mol. The molecule has 1 aromatic carbocycles. The minimum Gasteiger partial charge on any atom is -0.377 e. The number of likely N-dealkylation sites (N-methyl/N-ethyl adjacent to an activating group) is 1. The van der Waals surface area contributed by atoms with E-state index in [0.717, 1.165) is 31.7 Å². The molecule has 0 bridgehead atoms. The predicted octanol–water partition coefficient (Wildman–Crippen LogP) is 3.59. The van der Waals surface area contributed by atoms with E-state index >= 15 is 0 Å². The molecule has 0 aliphatic carbocycles. The number of hydrogen-bond acceptors (Lipinski definition) is 2. The zero-order valence-electron chi connectivity index (χ0n) is 10.7. The number of rotatable bonds is 4. The summed E-state index contributed by atoms with van der Waals surface area (Å²) >= 11 is 3.30. The van der Waals surface area contributed by atoms with E-state index in [0.29, 0.717) is 10.6 Å². The van der Waals surface area contributed by atoms with Gasteiger partial charge in [-0.15, -0.1) is 0 Å². The van der Waals surface area contributed by atoms with E-state index in [-0.39, 0.29) is 5.82 Å². The first-order chi connectivity index (χ1) is 8.66. The van der Waals surface area contributed by atoms with Gasteiger partial charge in [0.05, 0.1) is 10.6 Å². The third-order valence-corrected chi connectivity index (χ3v) is 4.15. The van der Waals surface area contributed by atoms with Crippen molar-refractivity contribution < 1.29 is 9.13 Å². The molecule has 1 aliphatic rings. The van der Waals surface area contributed by atoms with Crippen molar-refractivity contribution in [3.05, 3.63) is 34.1 Å². The minimum absolute atomic E-state index is 0.199. The van der Waals surface area contributed by atoms with Crippen LogP contribution in [0.5, 0.6) is 0 Å². The molecule has 1 fully saturated rings. The van der Waals surface area contributed by atoms with Gasteiger partial charge in [0, 0.05) is 19.7 Å². The van der Waals surface area contributed by atoms with Gasteiger partial charge in [-0.1, -0.05) is 12.1 Å². The lowest BCUT2D eigenvalue weighted by molar-refractivity contribution is -0.00262. The molecule has 1 saturated heterocycles. The fourth-order valence-corrected chi connectivity index (χ4v) is 2.71. The summed E-state index contributed by atoms with van der Waals surface area (Å²) < 4.78 is 19.7. The maximum atomic E-state index is 13.4. The summed E-state index contributed by atoms with van der Waals surface area (Å²) in [5.41, 5.74) is 0.980. The van der Waals surface area contributed by atoms with Gasteiger partial charge in [0.25, 0.3) is 0 Å². The first kappa shape index (κ1) is 14.0. The molecule has 1 unspecified atom stereocenters. The van der Waals surface area contributed by atoms with E-state index in [9.17, 15) is 4.39 Å². The smallest absolute Gasteiger partial charge is 0.137 e. The van der Waals surface area contributed by atoms with Crippen molar-refractivity contribution in [1.29, 1.82) is 0 Å². The molecule has 0 spiro atoms. The minimum atomic E-state index is -0.199. The quantitative estimate of drug-likeness (QED) is 0.842. The molecule has 100 valence electrons. The zero-order valence-corrected chi connectivity index (χ0v) is 12.2. The number of ether oxygens (including phenoxy) is 1. The summed E-state index contributed by atoms with van der Waals surface area (Å²) in [7, 11) is 2.05. The summed E-state index contributed by atoms with van der Waals surface area (Å²) in [6.07, 6.45) is 3.89. The number of nitrogens with zero attached hydrogens (tertiary/aromatic N) is 1. The molecular formula is C14H19BrFNO. The van der Waals surface area contributed by atoms with Gasteiger partial charge in [0.2, 0.25) is 0 Å². The Morgan fingerprint density at radius 2 is 2.28 bits per heavy atom. The van der Waals surface area contributed by atoms with Crippen LogP contribution in [-0.2, 0) is 11.3 Å². The molecule has 2 rings (SSSR count). The molecule has 1 aromatic rings. The standard InChI is InChI=1S/C14H19BrFNO/c1-17(10-12-6-2-3-8-18-12)9-11-5-4-7-13(16)14(11)15/h4-5,7,12H,2-3,6,8-10H2,1H3. The van der Waals surface area contributed by atoms with Crippen LogP contribution in [0.1, 0.15) is 24.8 Å². The molecule has 1 aliphatic heterocycles. The van der Waals surface area contributed by atoms with E-state index in [1.807, 2.05) is 6.07 Å². The highest BCUT2D eigenvalue weighted by Gasteiger charge is 2.16. The van der Waals surface area contributed by atoms with Crippen molar-refractivity contribution in [2.24, 2.45) is 0 Å². The van der Waals surface area contributed by atoms with Gasteiger partial charge in [0.1, 0.15) is 5.82 Å². The van der Waals surface area contributed by atoms with E-state index < -0.39 is 0 Å². The van der Waals surface area contributed by atoms with Crippen LogP contribution in [0.3, 0.4) is 0 Å². The summed E-state index contributed by atoms with van der Waals surface area (Å²) in [6, 6.07) is 5.17. The fraction of sp³-hybridized carbons (Fsp3) is 0.571. The van der Waals surface area contributed by atoms with Crippen LogP contribution in [0.25, 0.3) is 0 Å². The second-order valence-corrected chi connectivity index (χ2v) is 5.69. The highest BCUT2D eigenvalue weighted by Crippen LogP contribution is 2.22. The SMILES string of the molecule is CN(Cc1cccc(F)c1Br)CC1CCCCO1. The van der Waals surface area contributed by atoms with E-state index in [1.165, 1.54) is 18.9 Å². The van der Waals surface area contributed by atoms with E-state index in [1.54, 1.807) is 6.07 Å². The third kappa shape index (κ3) is 3.77. The molecule has 2 nitrogen and oxygen atoms in total. The molecular weight excluding hydrogens is 297 g/mol. The fourth-order valence-electron chi connectivity index (χ4n) is 2.32. The van der Waals surface area contributed by atoms with Crippen LogP contribution in [-0.4, -0.2) is 31.2 Å². The molecule has 0 saturated carbocycles. The van der Waals surface area contributed by atoms with Gasteiger partial charge in [-0.3, -0.25) is 4.90 Å². The van der Waals surface area contributed by atoms with Crippen molar-refractivity contribution in [1.82, 2.24) is 4.90 Å². The van der Waals surface area contributed by atoms with Crippen molar-refractivity contribution in [3.63, 3.8) is 0 Å². The van der Waals surface area contributed by atoms with Crippen molar-refractivity contribution in [2.45, 2.75) is 31.9 Å². The van der Waals surface area contributed by atoms with Crippen LogP contribution in [0.15, 0.2) is 22.7 Å². The van der Waals surface area contributed by atoms with Crippen molar-refractivity contribution in [2.75, 3.05) is 20.2 Å². The van der Waals surface area contributed by atoms with Crippen LogP contribution in [0.2, 0.25) is 0 Å². The van der Waals surface area contributed by atoms with Gasteiger partial charge >= 0.3 is 0 Å². The third-order valence-electron chi connectivity index (χ3n) is 3.26. The molecule has 0 radical (unpaired) electrons. The Labute approximate surface area is 116 Å². The van der Waals surface area contributed by atoms with Gasteiger partial charge in [0.15, 0.2) is 0 Å². The van der Waals surface area contributed by atoms with Gasteiger partial charge < -0.3 is 4.74 Å². The normalized spacial score (nSPS) is 20.3. The topological polar surface area (TPSA) is 12.5 Å². The Hall–Kier alpha value is -0.450. The van der Waals surface area contributed by atoms with Crippen LogP contribution < -0.4 is 0 Å². The van der Waals surface area contributed by atoms with E-state index in [4.69, 9.17) is 4.74 Å². The van der Waals surface area contributed by atoms with Crippen LogP contribution in [0, 0.1) is 5.82 Å². The molecule has 4 heteroatoms. The summed E-state index contributed by atoms with van der Waals surface area (Å²) in [6.45, 7) is 2.52. The Morgan fingerprint density at radius 1 is 1.44 bits per heavy atom. The molecule has 1 atom stereocenters. The first-order valence-corrected chi connectivity index (χ1v) is 7.19. The second-order valence-electron chi connectivity index (χ2n) is 4.90. The van der Waals surface area contributed by atoms with Gasteiger partial charge in [-0.25, -0.2) is 4.39 Å². The Bertz CT molecular complexity index is 393. The Balaban J connectivity index is 1.90. The number of hydrogen-bond donors (Lipinski definition) is 0. The molecule has 1 heterocycles. The number of halogens is 2. The van der Waals surface area contributed by atoms with Gasteiger partial charge in [-0.2, -0.15) is 0 Å². The Morgan fingerprint density at radius 3 is 3.00 bits per heavy atom. The summed E-state index contributed by atoms with van der Waals surface area (Å²) in [5, 5.41) is 0. The largest absolute Gasteiger partial charge is 0.377 e. The lowest BCUT2D eigenvalue weighted by Gasteiger charge is -2.27. The monoisotopic (exact) mass is 315 g/mol. The molecule has 0 aromatic heterocycles. The van der Waals surface area contributed by atoms with E-state index in [2.05, 4.69) is 27.9 Å². The lowest BCUT2D eigenvalue weighted by Crippen LogP contribution is -2.33. The first-order valence-electron chi connectivity index (χ1n) is 6.40. The molecule has 18 heavy (non-hydrogen) atoms. The lowest BCUT2D eigenvalue weighted by atomic mass is 10.1. The van der Waals surface area contributed by atoms with Gasteiger partial charge in [-0.05, 0) is 53.9 Å². The Kier molecular flexibility index (Phi) is 5.15. The van der Waals surface area contributed by atoms with Crippen LogP contribution in [0.4, 0.5) is 4.39 Å². The van der Waals surface area contributed by atoms with Crippen molar-refractivity contribution >= 4 is 15.9 Å². The second kappa shape index (κ2) is 6.64. The number of benzene rings is 1. The maximum absolute atomic E-state index is 13.4. The zero-order chi connectivity index (χ0) is 13.0. The summed E-state index contributed by atoms with van der Waals surface area (Å²) in [5.74, 6) is -0.199. The molecule has 0 amide bonds. The highest BCUT2D eigenvalue weighted by atomic mass is 79.9. The molecule has 0 N–H and O–H groups in total. The highest BCUT2D eigenvalue weighted by molar-refractivity contribution is 9.10. The average Bonchev–Trinajstić information content (AvgIpc) is 2.36.